The van der Waals surface area contributed by atoms with Crippen molar-refractivity contribution in [3.8, 4) is 0 Å². The molecule has 1 atom stereocenters. The molecule has 0 aromatic heterocycles. The van der Waals surface area contributed by atoms with E-state index in [9.17, 15) is 9.59 Å². The number of hydrogen-bond acceptors (Lipinski definition) is 2. The molecule has 0 bridgehead atoms. The van der Waals surface area contributed by atoms with Crippen LogP contribution in [0, 0.1) is 6.92 Å². The Morgan fingerprint density at radius 2 is 1.68 bits per heavy atom. The van der Waals surface area contributed by atoms with Crippen molar-refractivity contribution in [2.75, 3.05) is 0 Å². The summed E-state index contributed by atoms with van der Waals surface area (Å²) in [6.45, 7) is 4.01. The second-order valence-electron chi connectivity index (χ2n) is 8.37. The lowest BCUT2D eigenvalue weighted by Gasteiger charge is -2.30. The first kappa shape index (κ1) is 23.6. The molecule has 166 valence electrons. The van der Waals surface area contributed by atoms with Crippen LogP contribution in [0.2, 0.25) is 10.0 Å². The van der Waals surface area contributed by atoms with E-state index in [4.69, 9.17) is 23.2 Å². The summed E-state index contributed by atoms with van der Waals surface area (Å²) in [5.74, 6) is -0.218. The number of nitrogens with one attached hydrogen (secondary N) is 1. The number of amides is 2. The number of hydrogen-bond donors (Lipinski definition) is 1. The van der Waals surface area contributed by atoms with Crippen molar-refractivity contribution in [2.24, 2.45) is 0 Å². The maximum Gasteiger partial charge on any atom is 0.242 e. The van der Waals surface area contributed by atoms with Crippen molar-refractivity contribution in [1.82, 2.24) is 10.2 Å². The normalized spacial score (nSPS) is 15.0. The van der Waals surface area contributed by atoms with Gasteiger partial charge in [0.05, 0.1) is 0 Å². The van der Waals surface area contributed by atoms with Crippen molar-refractivity contribution in [3.05, 3.63) is 69.2 Å². The molecule has 4 nitrogen and oxygen atoms in total. The standard InChI is InChI=1S/C25H30Cl2N2O2/c1-17-10-12-19(13-11-17)14-15-24(30)29(16-21-22(26)8-5-9-23(21)27)18(2)25(31)28-20-6-3-4-7-20/h5,8-13,18,20H,3-4,6-7,14-16H2,1-2H3,(H,28,31)/t18-/m1/s1. The van der Waals surface area contributed by atoms with Gasteiger partial charge in [-0.1, -0.05) is 71.9 Å². The lowest BCUT2D eigenvalue weighted by Crippen LogP contribution is -2.49. The maximum absolute atomic E-state index is 13.3. The van der Waals surface area contributed by atoms with Crippen LogP contribution >= 0.6 is 23.2 Å². The summed E-state index contributed by atoms with van der Waals surface area (Å²) < 4.78 is 0. The Balaban J connectivity index is 1.75. The van der Waals surface area contributed by atoms with Gasteiger partial charge in [-0.3, -0.25) is 9.59 Å². The van der Waals surface area contributed by atoms with Crippen LogP contribution in [-0.4, -0.2) is 28.8 Å². The third kappa shape index (κ3) is 6.47. The Bertz CT molecular complexity index is 888. The highest BCUT2D eigenvalue weighted by atomic mass is 35.5. The number of benzene rings is 2. The smallest absolute Gasteiger partial charge is 0.242 e. The minimum Gasteiger partial charge on any atom is -0.352 e. The fraction of sp³-hybridized carbons (Fsp3) is 0.440. The summed E-state index contributed by atoms with van der Waals surface area (Å²) >= 11 is 12.7. The number of aryl methyl sites for hydroxylation is 2. The molecule has 31 heavy (non-hydrogen) atoms. The van der Waals surface area contributed by atoms with Gasteiger partial charge in [-0.15, -0.1) is 0 Å². The average molecular weight is 461 g/mol. The van der Waals surface area contributed by atoms with E-state index < -0.39 is 6.04 Å². The molecule has 0 spiro atoms. The van der Waals surface area contributed by atoms with Crippen molar-refractivity contribution in [3.63, 3.8) is 0 Å². The van der Waals surface area contributed by atoms with E-state index in [-0.39, 0.29) is 24.4 Å². The van der Waals surface area contributed by atoms with Gasteiger partial charge in [0, 0.05) is 34.6 Å². The zero-order valence-corrected chi connectivity index (χ0v) is 19.7. The molecule has 1 aliphatic rings. The first-order valence-electron chi connectivity index (χ1n) is 10.9. The van der Waals surface area contributed by atoms with Crippen LogP contribution in [0.15, 0.2) is 42.5 Å². The van der Waals surface area contributed by atoms with Crippen LogP contribution in [0.1, 0.15) is 55.7 Å². The highest BCUT2D eigenvalue weighted by Gasteiger charge is 2.29. The third-order valence-corrected chi connectivity index (χ3v) is 6.72. The van der Waals surface area contributed by atoms with Crippen LogP contribution in [0.5, 0.6) is 0 Å². The highest BCUT2D eigenvalue weighted by molar-refractivity contribution is 6.36. The zero-order valence-electron chi connectivity index (χ0n) is 18.2. The van der Waals surface area contributed by atoms with E-state index in [1.165, 1.54) is 5.56 Å². The SMILES string of the molecule is Cc1ccc(CCC(=O)N(Cc2c(Cl)cccc2Cl)[C@H](C)C(=O)NC2CCCC2)cc1. The molecule has 1 saturated carbocycles. The van der Waals surface area contributed by atoms with Gasteiger partial charge in [0.15, 0.2) is 0 Å². The topological polar surface area (TPSA) is 49.4 Å². The fourth-order valence-electron chi connectivity index (χ4n) is 3.98. The van der Waals surface area contributed by atoms with Gasteiger partial charge in [0.1, 0.15) is 6.04 Å². The fourth-order valence-corrected chi connectivity index (χ4v) is 4.49. The van der Waals surface area contributed by atoms with E-state index in [2.05, 4.69) is 5.32 Å². The van der Waals surface area contributed by atoms with E-state index in [1.54, 1.807) is 30.0 Å². The number of nitrogens with zero attached hydrogens (tertiary/aromatic N) is 1. The van der Waals surface area contributed by atoms with Crippen LogP contribution in [0.4, 0.5) is 0 Å². The van der Waals surface area contributed by atoms with E-state index in [0.717, 1.165) is 31.2 Å². The minimum absolute atomic E-state index is 0.0920. The summed E-state index contributed by atoms with van der Waals surface area (Å²) in [6.07, 6.45) is 5.18. The van der Waals surface area contributed by atoms with E-state index >= 15 is 0 Å². The molecule has 2 amide bonds. The molecule has 0 heterocycles. The van der Waals surface area contributed by atoms with Crippen LogP contribution in [-0.2, 0) is 22.6 Å². The van der Waals surface area contributed by atoms with E-state index in [0.29, 0.717) is 28.5 Å². The summed E-state index contributed by atoms with van der Waals surface area (Å²) in [4.78, 5) is 27.8. The summed E-state index contributed by atoms with van der Waals surface area (Å²) in [5, 5.41) is 4.10. The highest BCUT2D eigenvalue weighted by Crippen LogP contribution is 2.27. The molecule has 1 fully saturated rings. The van der Waals surface area contributed by atoms with Gasteiger partial charge < -0.3 is 10.2 Å². The second-order valence-corrected chi connectivity index (χ2v) is 9.19. The second kappa shape index (κ2) is 11.0. The van der Waals surface area contributed by atoms with Gasteiger partial charge in [-0.05, 0) is 50.8 Å². The minimum atomic E-state index is -0.613. The van der Waals surface area contributed by atoms with Crippen molar-refractivity contribution in [1.29, 1.82) is 0 Å². The molecule has 0 saturated heterocycles. The summed E-state index contributed by atoms with van der Waals surface area (Å²) in [7, 11) is 0. The average Bonchev–Trinajstić information content (AvgIpc) is 3.25. The van der Waals surface area contributed by atoms with Crippen LogP contribution in [0.25, 0.3) is 0 Å². The molecule has 3 rings (SSSR count). The number of carbonyl (C=O) groups excluding carboxylic acids is 2. The molecule has 0 radical (unpaired) electrons. The Morgan fingerprint density at radius 1 is 1.06 bits per heavy atom. The van der Waals surface area contributed by atoms with Crippen molar-refractivity contribution in [2.45, 2.75) is 71.0 Å². The lowest BCUT2D eigenvalue weighted by molar-refractivity contribution is -0.140. The zero-order chi connectivity index (χ0) is 22.4. The Kier molecular flexibility index (Phi) is 8.39. The largest absolute Gasteiger partial charge is 0.352 e. The van der Waals surface area contributed by atoms with Gasteiger partial charge in [-0.25, -0.2) is 0 Å². The molecular formula is C25H30Cl2N2O2. The first-order valence-corrected chi connectivity index (χ1v) is 11.7. The predicted octanol–water partition coefficient (Wildman–Crippen LogP) is 5.71. The number of rotatable bonds is 8. The lowest BCUT2D eigenvalue weighted by atomic mass is 10.1. The quantitative estimate of drug-likeness (QED) is 0.548. The Hall–Kier alpha value is -2.04. The van der Waals surface area contributed by atoms with Crippen molar-refractivity contribution >= 4 is 35.0 Å². The van der Waals surface area contributed by atoms with E-state index in [1.807, 2.05) is 31.2 Å². The molecule has 1 aliphatic carbocycles. The van der Waals surface area contributed by atoms with Gasteiger partial charge in [0.25, 0.3) is 0 Å². The summed E-state index contributed by atoms with van der Waals surface area (Å²) in [6, 6.07) is 13.0. The molecule has 2 aromatic rings. The van der Waals surface area contributed by atoms with Crippen molar-refractivity contribution < 1.29 is 9.59 Å². The molecule has 0 unspecified atom stereocenters. The Labute approximate surface area is 194 Å². The molecule has 6 heteroatoms. The third-order valence-electron chi connectivity index (χ3n) is 6.01. The molecule has 2 aromatic carbocycles. The summed E-state index contributed by atoms with van der Waals surface area (Å²) in [5.41, 5.74) is 2.94. The van der Waals surface area contributed by atoms with Crippen LogP contribution in [0.3, 0.4) is 0 Å². The maximum atomic E-state index is 13.3. The van der Waals surface area contributed by atoms with Gasteiger partial charge >= 0.3 is 0 Å². The van der Waals surface area contributed by atoms with Crippen LogP contribution < -0.4 is 5.32 Å². The first-order chi connectivity index (χ1) is 14.8. The molecule has 1 N–H and O–H groups in total. The monoisotopic (exact) mass is 460 g/mol. The number of halogens is 2. The molecular weight excluding hydrogens is 431 g/mol. The number of carbonyl (C=O) groups is 2. The van der Waals surface area contributed by atoms with Gasteiger partial charge in [-0.2, -0.15) is 0 Å². The Morgan fingerprint density at radius 3 is 2.29 bits per heavy atom. The molecule has 0 aliphatic heterocycles. The predicted molar refractivity (Wildman–Crippen MR) is 126 cm³/mol. The van der Waals surface area contributed by atoms with Gasteiger partial charge in [0.2, 0.25) is 11.8 Å².